The fourth-order valence-corrected chi connectivity index (χ4v) is 3.35. The average molecular weight is 481 g/mol. The highest BCUT2D eigenvalue weighted by Crippen LogP contribution is 2.39. The molecule has 3 N–H and O–H groups in total. The number of carboxylic acids is 2. The summed E-state index contributed by atoms with van der Waals surface area (Å²) < 4.78 is 17.5. The Balaban J connectivity index is 1.86. The second kappa shape index (κ2) is 10.3. The normalized spacial score (nSPS) is 16.6. The van der Waals surface area contributed by atoms with Crippen molar-refractivity contribution in [2.75, 3.05) is 6.54 Å². The van der Waals surface area contributed by atoms with Crippen LogP contribution in [-0.4, -0.2) is 53.1 Å². The molecule has 9 nitrogen and oxygen atoms in total. The summed E-state index contributed by atoms with van der Waals surface area (Å²) >= 11 is 0. The van der Waals surface area contributed by atoms with Crippen LogP contribution in [0.25, 0.3) is 6.08 Å². The van der Waals surface area contributed by atoms with Crippen molar-refractivity contribution in [3.05, 3.63) is 76.3 Å². The molecule has 0 aliphatic carbocycles. The fourth-order valence-electron chi connectivity index (χ4n) is 3.35. The highest BCUT2D eigenvalue weighted by Gasteiger charge is 2.52. The van der Waals surface area contributed by atoms with Crippen molar-refractivity contribution in [1.82, 2.24) is 5.32 Å². The van der Waals surface area contributed by atoms with E-state index in [-0.39, 0.29) is 29.8 Å². The molecule has 2 aromatic rings. The van der Waals surface area contributed by atoms with Gasteiger partial charge in [0.25, 0.3) is 0 Å². The molecule has 1 heterocycles. The van der Waals surface area contributed by atoms with Gasteiger partial charge in [-0.3, -0.25) is 0 Å². The number of alkyl carbamates (subject to hydrolysis) is 1. The topological polar surface area (TPSA) is 131 Å². The lowest BCUT2D eigenvalue weighted by Gasteiger charge is -2.32. The Hall–Kier alpha value is -3.63. The molecule has 1 amide bonds. The zero-order chi connectivity index (χ0) is 25.8. The Bertz CT molecular complexity index is 1130. The van der Waals surface area contributed by atoms with E-state index in [1.165, 1.54) is 18.2 Å². The molecular weight excluding hydrogens is 453 g/mol. The molecule has 0 spiro atoms. The van der Waals surface area contributed by atoms with E-state index in [0.717, 1.165) is 11.6 Å². The van der Waals surface area contributed by atoms with Crippen molar-refractivity contribution in [2.24, 2.45) is 0 Å². The van der Waals surface area contributed by atoms with Crippen molar-refractivity contribution in [3.8, 4) is 0 Å². The molecule has 0 aromatic heterocycles. The molecule has 1 aliphatic heterocycles. The number of hydrogen-bond acceptors (Lipinski definition) is 6. The van der Waals surface area contributed by atoms with E-state index >= 15 is 0 Å². The van der Waals surface area contributed by atoms with Gasteiger partial charge in [-0.25, -0.2) is 14.4 Å². The summed E-state index contributed by atoms with van der Waals surface area (Å²) in [5.74, 6) is -2.53. The fraction of sp³-hybridized carbons (Fsp3) is 0.320. The molecule has 10 heteroatoms. The number of rotatable bonds is 8. The predicted molar refractivity (Wildman–Crippen MR) is 129 cm³/mol. The SMILES string of the molecule is CC1(C)OB(C(=Cc2ccc(C(=O)O)cc2C(=O)O)CNC(=O)OCc2ccccc2)OC1(C)C. The van der Waals surface area contributed by atoms with Gasteiger partial charge in [-0.05, 0) is 56.4 Å². The molecule has 0 saturated carbocycles. The van der Waals surface area contributed by atoms with Crippen LogP contribution in [0.15, 0.2) is 54.0 Å². The average Bonchev–Trinajstić information content (AvgIpc) is 3.02. The lowest BCUT2D eigenvalue weighted by atomic mass is 9.76. The number of ether oxygens (including phenoxy) is 1. The van der Waals surface area contributed by atoms with Gasteiger partial charge in [-0.2, -0.15) is 0 Å². The first kappa shape index (κ1) is 26.0. The van der Waals surface area contributed by atoms with Crippen LogP contribution >= 0.6 is 0 Å². The molecule has 3 rings (SSSR count). The van der Waals surface area contributed by atoms with Crippen LogP contribution in [0.3, 0.4) is 0 Å². The van der Waals surface area contributed by atoms with E-state index in [1.54, 1.807) is 0 Å². The van der Waals surface area contributed by atoms with Crippen LogP contribution in [0.2, 0.25) is 0 Å². The molecule has 35 heavy (non-hydrogen) atoms. The van der Waals surface area contributed by atoms with E-state index in [0.29, 0.717) is 5.47 Å². The number of nitrogens with one attached hydrogen (secondary N) is 1. The Kier molecular flexibility index (Phi) is 7.67. The first-order valence-electron chi connectivity index (χ1n) is 11.0. The Morgan fingerprint density at radius 3 is 2.17 bits per heavy atom. The van der Waals surface area contributed by atoms with Crippen LogP contribution in [0.5, 0.6) is 0 Å². The summed E-state index contributed by atoms with van der Waals surface area (Å²) in [6.07, 6.45) is 0.852. The predicted octanol–water partition coefficient (Wildman–Crippen LogP) is 4.02. The van der Waals surface area contributed by atoms with Gasteiger partial charge in [0.15, 0.2) is 0 Å². The van der Waals surface area contributed by atoms with Crippen molar-refractivity contribution < 1.29 is 38.6 Å². The molecule has 184 valence electrons. The number of aromatic carboxylic acids is 2. The summed E-state index contributed by atoms with van der Waals surface area (Å²) in [5.41, 5.74) is -0.197. The Labute approximate surface area is 203 Å². The zero-order valence-corrected chi connectivity index (χ0v) is 20.0. The van der Waals surface area contributed by atoms with Gasteiger partial charge in [-0.15, -0.1) is 0 Å². The van der Waals surface area contributed by atoms with Crippen LogP contribution in [0.4, 0.5) is 4.79 Å². The van der Waals surface area contributed by atoms with Gasteiger partial charge in [0.1, 0.15) is 6.61 Å². The molecule has 0 radical (unpaired) electrons. The minimum Gasteiger partial charge on any atom is -0.478 e. The molecule has 0 bridgehead atoms. The van der Waals surface area contributed by atoms with Crippen molar-refractivity contribution in [1.29, 1.82) is 0 Å². The van der Waals surface area contributed by atoms with Gasteiger partial charge in [0, 0.05) is 6.54 Å². The third kappa shape index (κ3) is 6.29. The number of hydrogen-bond donors (Lipinski definition) is 3. The third-order valence-corrected chi connectivity index (χ3v) is 6.08. The number of amides is 1. The van der Waals surface area contributed by atoms with E-state index in [2.05, 4.69) is 5.32 Å². The monoisotopic (exact) mass is 481 g/mol. The van der Waals surface area contributed by atoms with Crippen LogP contribution in [0, 0.1) is 0 Å². The largest absolute Gasteiger partial charge is 0.492 e. The van der Waals surface area contributed by atoms with Gasteiger partial charge in [0.2, 0.25) is 0 Å². The van der Waals surface area contributed by atoms with E-state index in [1.807, 2.05) is 58.0 Å². The zero-order valence-electron chi connectivity index (χ0n) is 20.0. The molecule has 1 saturated heterocycles. The lowest BCUT2D eigenvalue weighted by Crippen LogP contribution is -2.41. The second-order valence-electron chi connectivity index (χ2n) is 9.14. The number of carbonyl (C=O) groups is 3. The molecule has 1 fully saturated rings. The molecule has 2 aromatic carbocycles. The molecular formula is C25H28BNO8. The van der Waals surface area contributed by atoms with Gasteiger partial charge in [-0.1, -0.05) is 42.5 Å². The summed E-state index contributed by atoms with van der Waals surface area (Å²) in [4.78, 5) is 35.4. The number of carboxylic acid groups (broad SMARTS) is 2. The van der Waals surface area contributed by atoms with E-state index in [9.17, 15) is 24.6 Å². The van der Waals surface area contributed by atoms with Gasteiger partial charge < -0.3 is 29.6 Å². The molecule has 0 atom stereocenters. The summed E-state index contributed by atoms with van der Waals surface area (Å²) in [5, 5.41) is 21.5. The summed E-state index contributed by atoms with van der Waals surface area (Å²) in [6, 6.07) is 13.0. The second-order valence-corrected chi connectivity index (χ2v) is 9.14. The van der Waals surface area contributed by atoms with Crippen molar-refractivity contribution in [2.45, 2.75) is 45.5 Å². The van der Waals surface area contributed by atoms with E-state index < -0.39 is 36.4 Å². The first-order valence-corrected chi connectivity index (χ1v) is 11.0. The van der Waals surface area contributed by atoms with Crippen LogP contribution in [0.1, 0.15) is 59.5 Å². The Morgan fingerprint density at radius 1 is 0.971 bits per heavy atom. The quantitative estimate of drug-likeness (QED) is 0.482. The van der Waals surface area contributed by atoms with Gasteiger partial charge in [0.05, 0.1) is 22.3 Å². The summed E-state index contributed by atoms with van der Waals surface area (Å²) in [6.45, 7) is 7.52. The number of carbonyl (C=O) groups excluding carboxylic acids is 1. The highest BCUT2D eigenvalue weighted by molar-refractivity contribution is 6.56. The lowest BCUT2D eigenvalue weighted by molar-refractivity contribution is 0.00578. The highest BCUT2D eigenvalue weighted by atomic mass is 16.7. The minimum absolute atomic E-state index is 0.0514. The Morgan fingerprint density at radius 2 is 1.60 bits per heavy atom. The maximum Gasteiger partial charge on any atom is 0.492 e. The first-order chi connectivity index (χ1) is 16.4. The maximum absolute atomic E-state index is 12.3. The summed E-state index contributed by atoms with van der Waals surface area (Å²) in [7, 11) is -0.879. The number of benzene rings is 2. The molecule has 1 aliphatic rings. The maximum atomic E-state index is 12.3. The van der Waals surface area contributed by atoms with Crippen molar-refractivity contribution >= 4 is 31.2 Å². The van der Waals surface area contributed by atoms with Gasteiger partial charge >= 0.3 is 25.2 Å². The minimum atomic E-state index is -1.29. The van der Waals surface area contributed by atoms with Crippen LogP contribution < -0.4 is 5.32 Å². The third-order valence-electron chi connectivity index (χ3n) is 6.08. The smallest absolute Gasteiger partial charge is 0.478 e. The van der Waals surface area contributed by atoms with Crippen LogP contribution in [-0.2, 0) is 20.7 Å². The van der Waals surface area contributed by atoms with Crippen molar-refractivity contribution in [3.63, 3.8) is 0 Å². The molecule has 0 unspecified atom stereocenters. The van der Waals surface area contributed by atoms with E-state index in [4.69, 9.17) is 14.0 Å². The standard InChI is InChI=1S/C25H28BNO8/c1-24(2)25(3,4)35-26(34-24)19(14-27-23(32)33-15-16-8-6-5-7-9-16)12-17-10-11-18(21(28)29)13-20(17)22(30)31/h5-13H,14-15H2,1-4H3,(H,27,32)(H,28,29)(H,30,31).